The van der Waals surface area contributed by atoms with Crippen LogP contribution >= 0.6 is 0 Å². The second-order valence-electron chi connectivity index (χ2n) is 7.45. The largest absolute Gasteiger partial charge is 0.475 e. The van der Waals surface area contributed by atoms with E-state index in [9.17, 15) is 23.2 Å². The fourth-order valence-corrected chi connectivity index (χ4v) is 4.06. The third-order valence-corrected chi connectivity index (χ3v) is 4.76. The average molecular weight is 348 g/mol. The molecule has 0 amide bonds. The van der Waals surface area contributed by atoms with Gasteiger partial charge in [0.05, 0.1) is 11.8 Å². The van der Waals surface area contributed by atoms with Crippen LogP contribution in [-0.4, -0.2) is 46.9 Å². The van der Waals surface area contributed by atoms with E-state index in [1.165, 1.54) is 0 Å². The van der Waals surface area contributed by atoms with Crippen LogP contribution in [0, 0.1) is 23.7 Å². The molecule has 0 spiro atoms. The highest BCUT2D eigenvalue weighted by molar-refractivity contribution is 5.86. The molecule has 0 aromatic rings. The number of ether oxygens (including phenoxy) is 3. The van der Waals surface area contributed by atoms with Gasteiger partial charge in [-0.25, -0.2) is 4.79 Å². The average Bonchev–Trinajstić information content (AvgIpc) is 2.99. The Labute approximate surface area is 136 Å². The molecular weight excluding hydrogens is 330 g/mol. The van der Waals surface area contributed by atoms with Crippen LogP contribution < -0.4 is 0 Å². The molecule has 6 unspecified atom stereocenters. The Kier molecular flexibility index (Phi) is 3.63. The lowest BCUT2D eigenvalue weighted by molar-refractivity contribution is -0.279. The lowest BCUT2D eigenvalue weighted by atomic mass is 9.78. The van der Waals surface area contributed by atoms with E-state index in [2.05, 4.69) is 4.74 Å². The maximum absolute atomic E-state index is 13.5. The summed E-state index contributed by atoms with van der Waals surface area (Å²) in [4.78, 5) is 35.1. The zero-order chi connectivity index (χ0) is 18.0. The highest BCUT2D eigenvalue weighted by atomic mass is 19.3. The second-order valence-corrected chi connectivity index (χ2v) is 7.45. The van der Waals surface area contributed by atoms with E-state index in [-0.39, 0.29) is 6.42 Å². The number of hydrogen-bond acceptors (Lipinski definition) is 6. The van der Waals surface area contributed by atoms with Crippen LogP contribution in [0.4, 0.5) is 8.78 Å². The lowest BCUT2D eigenvalue weighted by Crippen LogP contribution is -2.48. The highest BCUT2D eigenvalue weighted by Crippen LogP contribution is 2.59. The predicted octanol–water partition coefficient (Wildman–Crippen LogP) is 1.20. The number of hydrogen-bond donors (Lipinski definition) is 1. The van der Waals surface area contributed by atoms with Crippen molar-refractivity contribution in [2.45, 2.75) is 51.1 Å². The Morgan fingerprint density at radius 3 is 2.42 bits per heavy atom. The minimum Gasteiger partial charge on any atom is -0.475 e. The first kappa shape index (κ1) is 17.1. The van der Waals surface area contributed by atoms with Crippen LogP contribution in [0.1, 0.15) is 27.2 Å². The van der Waals surface area contributed by atoms with Gasteiger partial charge in [0.2, 0.25) is 0 Å². The van der Waals surface area contributed by atoms with Gasteiger partial charge >= 0.3 is 24.0 Å². The van der Waals surface area contributed by atoms with Crippen molar-refractivity contribution in [1.29, 1.82) is 0 Å². The molecule has 1 saturated heterocycles. The molecule has 1 aliphatic heterocycles. The molecule has 134 valence electrons. The van der Waals surface area contributed by atoms with Gasteiger partial charge < -0.3 is 19.3 Å². The van der Waals surface area contributed by atoms with Gasteiger partial charge in [-0.1, -0.05) is 0 Å². The summed E-state index contributed by atoms with van der Waals surface area (Å²) in [5.74, 6) is -6.63. The van der Waals surface area contributed by atoms with Crippen LogP contribution in [0.25, 0.3) is 0 Å². The van der Waals surface area contributed by atoms with Crippen LogP contribution in [0.15, 0.2) is 0 Å². The van der Waals surface area contributed by atoms with Crippen LogP contribution in [0.2, 0.25) is 0 Å². The van der Waals surface area contributed by atoms with Crippen LogP contribution in [0.5, 0.6) is 0 Å². The number of carbonyl (C=O) groups is 3. The van der Waals surface area contributed by atoms with Crippen molar-refractivity contribution in [3.63, 3.8) is 0 Å². The summed E-state index contributed by atoms with van der Waals surface area (Å²) in [6, 6.07) is 0. The maximum atomic E-state index is 13.5. The topological polar surface area (TPSA) is 99.1 Å². The standard InChI is InChI=1S/C15H18F2O7/c1-14(2,3)24-12(19)8-6-4-5-7(8)11(18)22-9(5)10(6)23-15(16,17)13(20)21/h5-10H,4H2,1-3H3,(H,20,21). The number of fused-ring (bicyclic) bond motifs is 1. The fourth-order valence-electron chi connectivity index (χ4n) is 4.06. The van der Waals surface area contributed by atoms with E-state index < -0.39 is 65.5 Å². The normalized spacial score (nSPS) is 37.5. The fraction of sp³-hybridized carbons (Fsp3) is 0.800. The minimum absolute atomic E-state index is 0.283. The van der Waals surface area contributed by atoms with Crippen molar-refractivity contribution in [1.82, 2.24) is 0 Å². The molecule has 24 heavy (non-hydrogen) atoms. The predicted molar refractivity (Wildman–Crippen MR) is 71.8 cm³/mol. The molecule has 3 rings (SSSR count). The summed E-state index contributed by atoms with van der Waals surface area (Å²) in [6.07, 6.45) is -6.43. The van der Waals surface area contributed by atoms with E-state index in [0.717, 1.165) is 0 Å². The molecule has 2 bridgehead atoms. The molecule has 0 aromatic carbocycles. The molecule has 2 saturated carbocycles. The van der Waals surface area contributed by atoms with Gasteiger partial charge in [-0.05, 0) is 27.2 Å². The molecule has 3 aliphatic rings. The molecule has 1 heterocycles. The quantitative estimate of drug-likeness (QED) is 0.762. The Bertz CT molecular complexity index is 597. The Morgan fingerprint density at radius 2 is 1.88 bits per heavy atom. The third kappa shape index (κ3) is 2.54. The van der Waals surface area contributed by atoms with Crippen molar-refractivity contribution in [3.8, 4) is 0 Å². The number of esters is 2. The van der Waals surface area contributed by atoms with Crippen molar-refractivity contribution in [3.05, 3.63) is 0 Å². The van der Waals surface area contributed by atoms with Gasteiger partial charge in [0, 0.05) is 11.8 Å². The molecule has 1 N–H and O–H groups in total. The van der Waals surface area contributed by atoms with Gasteiger partial charge in [-0.15, -0.1) is 0 Å². The number of carbonyl (C=O) groups excluding carboxylic acids is 2. The summed E-state index contributed by atoms with van der Waals surface area (Å²) < 4.78 is 41.8. The smallest absolute Gasteiger partial charge is 0.456 e. The SMILES string of the molecule is CC(C)(C)OC(=O)C1C2CC3C(OC(=O)C31)C2OC(F)(F)C(=O)O. The molecule has 0 radical (unpaired) electrons. The Hall–Kier alpha value is -1.77. The zero-order valence-corrected chi connectivity index (χ0v) is 13.3. The van der Waals surface area contributed by atoms with Crippen molar-refractivity contribution < 1.29 is 42.5 Å². The minimum atomic E-state index is -4.42. The van der Waals surface area contributed by atoms with Crippen molar-refractivity contribution in [2.24, 2.45) is 23.7 Å². The Balaban J connectivity index is 1.86. The molecule has 2 aliphatic carbocycles. The molecule has 7 nitrogen and oxygen atoms in total. The van der Waals surface area contributed by atoms with E-state index in [1.54, 1.807) is 20.8 Å². The van der Waals surface area contributed by atoms with Gasteiger partial charge in [0.15, 0.2) is 0 Å². The summed E-state index contributed by atoms with van der Waals surface area (Å²) >= 11 is 0. The van der Waals surface area contributed by atoms with Gasteiger partial charge in [-0.2, -0.15) is 8.78 Å². The van der Waals surface area contributed by atoms with Crippen molar-refractivity contribution >= 4 is 17.9 Å². The van der Waals surface area contributed by atoms with E-state index in [0.29, 0.717) is 0 Å². The van der Waals surface area contributed by atoms with E-state index in [4.69, 9.17) is 14.6 Å². The first-order valence-corrected chi connectivity index (χ1v) is 7.65. The summed E-state index contributed by atoms with van der Waals surface area (Å²) in [7, 11) is 0. The number of alkyl halides is 2. The summed E-state index contributed by atoms with van der Waals surface area (Å²) in [5.41, 5.74) is -0.803. The second kappa shape index (κ2) is 5.11. The van der Waals surface area contributed by atoms with E-state index >= 15 is 0 Å². The highest BCUT2D eigenvalue weighted by Gasteiger charge is 2.71. The molecule has 0 aromatic heterocycles. The number of carboxylic acids is 1. The number of carboxylic acid groups (broad SMARTS) is 1. The van der Waals surface area contributed by atoms with Gasteiger partial charge in [0.1, 0.15) is 17.8 Å². The number of halogens is 2. The van der Waals surface area contributed by atoms with Crippen molar-refractivity contribution in [2.75, 3.05) is 0 Å². The van der Waals surface area contributed by atoms with Gasteiger partial charge in [-0.3, -0.25) is 9.59 Å². The van der Waals surface area contributed by atoms with E-state index in [1.807, 2.05) is 0 Å². The molecular formula is C15H18F2O7. The molecule has 9 heteroatoms. The van der Waals surface area contributed by atoms with Crippen LogP contribution in [0.3, 0.4) is 0 Å². The first-order valence-electron chi connectivity index (χ1n) is 7.65. The molecule has 3 fully saturated rings. The Morgan fingerprint density at radius 1 is 1.25 bits per heavy atom. The number of rotatable bonds is 4. The monoisotopic (exact) mass is 348 g/mol. The lowest BCUT2D eigenvalue weighted by Gasteiger charge is -2.33. The van der Waals surface area contributed by atoms with Crippen LogP contribution in [-0.2, 0) is 28.6 Å². The summed E-state index contributed by atoms with van der Waals surface area (Å²) in [5, 5.41) is 8.55. The molecule has 6 atom stereocenters. The third-order valence-electron chi connectivity index (χ3n) is 4.76. The maximum Gasteiger partial charge on any atom is 0.456 e. The summed E-state index contributed by atoms with van der Waals surface area (Å²) in [6.45, 7) is 4.96. The zero-order valence-electron chi connectivity index (χ0n) is 13.3. The number of aliphatic carboxylic acids is 1. The first-order chi connectivity index (χ1) is 10.9. The van der Waals surface area contributed by atoms with Gasteiger partial charge in [0.25, 0.3) is 0 Å².